The largest absolute Gasteiger partial charge is 0.447 e. The number of alkyl halides is 3. The van der Waals surface area contributed by atoms with E-state index in [1.54, 1.807) is 24.3 Å². The molecule has 1 aliphatic heterocycles. The van der Waals surface area contributed by atoms with Gasteiger partial charge in [-0.25, -0.2) is 9.69 Å². The second-order valence-corrected chi connectivity index (χ2v) is 4.50. The molecule has 1 heterocycles. The molecule has 0 aliphatic carbocycles. The molecule has 1 atom stereocenters. The van der Waals surface area contributed by atoms with Crippen LogP contribution < -0.4 is 0 Å². The van der Waals surface area contributed by atoms with Gasteiger partial charge in [-0.05, 0) is 12.0 Å². The van der Waals surface area contributed by atoms with Crippen molar-refractivity contribution in [3.05, 3.63) is 48.0 Å². The Morgan fingerprint density at radius 2 is 2.00 bits per heavy atom. The summed E-state index contributed by atoms with van der Waals surface area (Å²) in [5, 5.41) is 0. The maximum absolute atomic E-state index is 12.1. The summed E-state index contributed by atoms with van der Waals surface area (Å²) in [4.78, 5) is 24.0. The third-order valence-electron chi connectivity index (χ3n) is 2.93. The fourth-order valence-corrected chi connectivity index (χ4v) is 2.01. The highest BCUT2D eigenvalue weighted by Gasteiger charge is 2.37. The fourth-order valence-electron chi connectivity index (χ4n) is 2.01. The first-order valence-corrected chi connectivity index (χ1v) is 6.16. The van der Waals surface area contributed by atoms with Gasteiger partial charge in [0.1, 0.15) is 6.61 Å². The lowest BCUT2D eigenvalue weighted by atomic mass is 10.1. The fraction of sp³-hybridized carbons (Fsp3) is 0.286. The van der Waals surface area contributed by atoms with Gasteiger partial charge in [0.05, 0.1) is 6.04 Å². The molecule has 0 spiro atoms. The van der Waals surface area contributed by atoms with Crippen LogP contribution in [0.3, 0.4) is 0 Å². The molecule has 1 aromatic rings. The van der Waals surface area contributed by atoms with E-state index in [0.717, 1.165) is 10.5 Å². The van der Waals surface area contributed by atoms with Crippen LogP contribution in [-0.4, -0.2) is 35.7 Å². The van der Waals surface area contributed by atoms with E-state index in [9.17, 15) is 22.8 Å². The van der Waals surface area contributed by atoms with Crippen LogP contribution in [0.2, 0.25) is 0 Å². The molecular formula is C14H12F3NO3. The SMILES string of the molecule is O=C(/C=C/C(F)(F)F)N1C(=O)OC[C@@H]1Cc1ccccc1. The zero-order valence-corrected chi connectivity index (χ0v) is 10.8. The second kappa shape index (κ2) is 5.99. The molecule has 4 nitrogen and oxygen atoms in total. The predicted molar refractivity (Wildman–Crippen MR) is 67.3 cm³/mol. The minimum Gasteiger partial charge on any atom is -0.447 e. The van der Waals surface area contributed by atoms with Crippen LogP contribution in [0.15, 0.2) is 42.5 Å². The summed E-state index contributed by atoms with van der Waals surface area (Å²) in [6.07, 6.45) is -5.05. The highest BCUT2D eigenvalue weighted by Crippen LogP contribution is 2.20. The van der Waals surface area contributed by atoms with Crippen LogP contribution >= 0.6 is 0 Å². The van der Waals surface area contributed by atoms with Gasteiger partial charge in [-0.2, -0.15) is 13.2 Å². The Hall–Kier alpha value is -2.31. The first-order valence-electron chi connectivity index (χ1n) is 6.16. The van der Waals surface area contributed by atoms with Gasteiger partial charge >= 0.3 is 12.3 Å². The van der Waals surface area contributed by atoms with E-state index in [-0.39, 0.29) is 12.7 Å². The summed E-state index contributed by atoms with van der Waals surface area (Å²) in [6.45, 7) is -0.0284. The quantitative estimate of drug-likeness (QED) is 0.806. The number of cyclic esters (lactones) is 1. The van der Waals surface area contributed by atoms with Crippen molar-refractivity contribution in [2.24, 2.45) is 0 Å². The first kappa shape index (κ1) is 15.1. The third-order valence-corrected chi connectivity index (χ3v) is 2.93. The summed E-state index contributed by atoms with van der Waals surface area (Å²) < 4.78 is 41.0. The predicted octanol–water partition coefficient (Wildman–Crippen LogP) is 2.70. The lowest BCUT2D eigenvalue weighted by Crippen LogP contribution is -2.39. The monoisotopic (exact) mass is 299 g/mol. The highest BCUT2D eigenvalue weighted by molar-refractivity contribution is 5.99. The zero-order valence-electron chi connectivity index (χ0n) is 10.8. The molecule has 0 unspecified atom stereocenters. The molecule has 2 amide bonds. The summed E-state index contributed by atoms with van der Waals surface area (Å²) in [5.74, 6) is -1.03. The molecule has 1 aliphatic rings. The number of imide groups is 1. The van der Waals surface area contributed by atoms with Crippen molar-refractivity contribution in [2.75, 3.05) is 6.61 Å². The van der Waals surface area contributed by atoms with Crippen molar-refractivity contribution in [1.29, 1.82) is 0 Å². The maximum Gasteiger partial charge on any atom is 0.417 e. The van der Waals surface area contributed by atoms with Gasteiger partial charge in [0.25, 0.3) is 5.91 Å². The van der Waals surface area contributed by atoms with Gasteiger partial charge in [-0.15, -0.1) is 0 Å². The number of benzene rings is 1. The molecular weight excluding hydrogens is 287 g/mol. The molecule has 7 heteroatoms. The minimum atomic E-state index is -4.60. The smallest absolute Gasteiger partial charge is 0.417 e. The molecule has 0 aromatic heterocycles. The molecule has 0 radical (unpaired) electrons. The molecule has 1 fully saturated rings. The Morgan fingerprint density at radius 3 is 2.62 bits per heavy atom. The van der Waals surface area contributed by atoms with E-state index in [2.05, 4.69) is 0 Å². The summed E-state index contributed by atoms with van der Waals surface area (Å²) >= 11 is 0. The molecule has 21 heavy (non-hydrogen) atoms. The Morgan fingerprint density at radius 1 is 1.33 bits per heavy atom. The topological polar surface area (TPSA) is 46.6 Å². The van der Waals surface area contributed by atoms with E-state index in [1.165, 1.54) is 0 Å². The normalized spacial score (nSPS) is 19.1. The standard InChI is InChI=1S/C14H12F3NO3/c15-14(16,17)7-6-12(19)18-11(9-21-13(18)20)8-10-4-2-1-3-5-10/h1-7,11H,8-9H2/b7-6+/t11-/m0/s1. The number of hydrogen-bond donors (Lipinski definition) is 0. The number of allylic oxidation sites excluding steroid dienone is 1. The van der Waals surface area contributed by atoms with Crippen molar-refractivity contribution >= 4 is 12.0 Å². The lowest BCUT2D eigenvalue weighted by Gasteiger charge is -2.18. The number of halogens is 3. The van der Waals surface area contributed by atoms with Crippen LogP contribution in [0.1, 0.15) is 5.56 Å². The number of rotatable bonds is 3. The van der Waals surface area contributed by atoms with Crippen LogP contribution in [-0.2, 0) is 16.0 Å². The van der Waals surface area contributed by atoms with Gasteiger partial charge in [-0.1, -0.05) is 30.3 Å². The van der Waals surface area contributed by atoms with Gasteiger partial charge in [0.2, 0.25) is 0 Å². The summed E-state index contributed by atoms with van der Waals surface area (Å²) in [6, 6.07) is 8.40. The highest BCUT2D eigenvalue weighted by atomic mass is 19.4. The molecule has 2 rings (SSSR count). The molecule has 1 aromatic carbocycles. The number of ether oxygens (including phenoxy) is 1. The van der Waals surface area contributed by atoms with Crippen molar-refractivity contribution in [2.45, 2.75) is 18.6 Å². The molecule has 0 N–H and O–H groups in total. The van der Waals surface area contributed by atoms with Gasteiger partial charge < -0.3 is 4.74 Å². The van der Waals surface area contributed by atoms with Crippen LogP contribution in [0.25, 0.3) is 0 Å². The number of nitrogens with zero attached hydrogens (tertiary/aromatic N) is 1. The zero-order chi connectivity index (χ0) is 15.5. The maximum atomic E-state index is 12.1. The van der Waals surface area contributed by atoms with Crippen LogP contribution in [0, 0.1) is 0 Å². The van der Waals surface area contributed by atoms with E-state index < -0.39 is 24.2 Å². The Labute approximate surface area is 118 Å². The molecule has 0 bridgehead atoms. The first-order chi connectivity index (χ1) is 9.87. The van der Waals surface area contributed by atoms with E-state index in [4.69, 9.17) is 4.74 Å². The number of amides is 2. The number of carbonyl (C=O) groups excluding carboxylic acids is 2. The molecule has 0 saturated carbocycles. The minimum absolute atomic E-state index is 0.0284. The van der Waals surface area contributed by atoms with Crippen molar-refractivity contribution in [3.8, 4) is 0 Å². The molecule has 112 valence electrons. The summed E-state index contributed by atoms with van der Waals surface area (Å²) in [7, 11) is 0. The third kappa shape index (κ3) is 4.08. The van der Waals surface area contributed by atoms with Crippen molar-refractivity contribution in [1.82, 2.24) is 4.90 Å². The number of hydrogen-bond acceptors (Lipinski definition) is 3. The summed E-state index contributed by atoms with van der Waals surface area (Å²) in [5.41, 5.74) is 0.860. The van der Waals surface area contributed by atoms with Crippen molar-refractivity contribution in [3.63, 3.8) is 0 Å². The van der Waals surface area contributed by atoms with Crippen LogP contribution in [0.5, 0.6) is 0 Å². The van der Waals surface area contributed by atoms with E-state index >= 15 is 0 Å². The average Bonchev–Trinajstić information content (AvgIpc) is 2.77. The van der Waals surface area contributed by atoms with Gasteiger partial charge in [0.15, 0.2) is 0 Å². The van der Waals surface area contributed by atoms with E-state index in [1.807, 2.05) is 6.07 Å². The second-order valence-electron chi connectivity index (χ2n) is 4.50. The van der Waals surface area contributed by atoms with Gasteiger partial charge in [-0.3, -0.25) is 4.79 Å². The van der Waals surface area contributed by atoms with Crippen molar-refractivity contribution < 1.29 is 27.5 Å². The Bertz CT molecular complexity index is 554. The van der Waals surface area contributed by atoms with Gasteiger partial charge in [0, 0.05) is 12.2 Å². The Balaban J connectivity index is 2.10. The Kier molecular flexibility index (Phi) is 4.30. The average molecular weight is 299 g/mol. The van der Waals surface area contributed by atoms with Crippen LogP contribution in [0.4, 0.5) is 18.0 Å². The lowest BCUT2D eigenvalue weighted by molar-refractivity contribution is -0.124. The number of carbonyl (C=O) groups is 2. The molecule has 1 saturated heterocycles. The van der Waals surface area contributed by atoms with E-state index in [0.29, 0.717) is 12.5 Å².